The Bertz CT molecular complexity index is 948. The Morgan fingerprint density at radius 2 is 1.88 bits per heavy atom. The fourth-order valence-corrected chi connectivity index (χ4v) is 3.40. The van der Waals surface area contributed by atoms with Crippen molar-refractivity contribution in [3.8, 4) is 11.3 Å². The molecule has 0 atom stereocenters. The van der Waals surface area contributed by atoms with Gasteiger partial charge in [0.05, 0.1) is 11.8 Å². The molecule has 126 valence electrons. The number of nitrogens with zero attached hydrogens (tertiary/aromatic N) is 1. The third-order valence-electron chi connectivity index (χ3n) is 3.49. The van der Waals surface area contributed by atoms with E-state index in [9.17, 15) is 4.79 Å². The minimum absolute atomic E-state index is 0.295. The van der Waals surface area contributed by atoms with Crippen LogP contribution in [0.5, 0.6) is 0 Å². The Balaban J connectivity index is 1.70. The van der Waals surface area contributed by atoms with Gasteiger partial charge in [-0.25, -0.2) is 5.43 Å². The molecule has 1 amide bonds. The van der Waals surface area contributed by atoms with E-state index in [2.05, 4.69) is 42.4 Å². The van der Waals surface area contributed by atoms with E-state index in [0.29, 0.717) is 15.8 Å². The van der Waals surface area contributed by atoms with Gasteiger partial charge in [-0.3, -0.25) is 4.79 Å². The summed E-state index contributed by atoms with van der Waals surface area (Å²) in [6.45, 7) is 2.03. The number of amides is 1. The number of benzene rings is 2. The topological polar surface area (TPSA) is 54.6 Å². The smallest absolute Gasteiger partial charge is 0.272 e. The molecule has 2 aromatic carbocycles. The van der Waals surface area contributed by atoms with E-state index in [1.165, 1.54) is 11.8 Å². The van der Waals surface area contributed by atoms with Crippen LogP contribution in [0, 0.1) is 6.92 Å². The van der Waals surface area contributed by atoms with Gasteiger partial charge in [0, 0.05) is 14.5 Å². The molecule has 0 spiro atoms. The summed E-state index contributed by atoms with van der Waals surface area (Å²) in [6, 6.07) is 16.9. The van der Waals surface area contributed by atoms with Gasteiger partial charge in [-0.2, -0.15) is 5.10 Å². The van der Waals surface area contributed by atoms with Crippen molar-refractivity contribution in [3.63, 3.8) is 0 Å². The second kappa shape index (κ2) is 7.80. The molecule has 3 aromatic rings. The van der Waals surface area contributed by atoms with Gasteiger partial charge in [-0.05, 0) is 64.8 Å². The minimum atomic E-state index is -0.295. The van der Waals surface area contributed by atoms with Gasteiger partial charge >= 0.3 is 0 Å². The maximum atomic E-state index is 12.1. The summed E-state index contributed by atoms with van der Waals surface area (Å²) in [6.07, 6.45) is 1.47. The molecule has 0 aliphatic heterocycles. The molecule has 6 heteroatoms. The monoisotopic (exact) mass is 460 g/mol. The van der Waals surface area contributed by atoms with Crippen LogP contribution in [0.4, 0.5) is 0 Å². The predicted octanol–water partition coefficient (Wildman–Crippen LogP) is 5.54. The van der Waals surface area contributed by atoms with E-state index in [1.807, 2.05) is 37.3 Å². The van der Waals surface area contributed by atoms with Crippen LogP contribution in [0.1, 0.15) is 21.7 Å². The van der Waals surface area contributed by atoms with Crippen LogP contribution < -0.4 is 5.43 Å². The molecule has 1 N–H and O–H groups in total. The Labute approximate surface area is 162 Å². The van der Waals surface area contributed by atoms with E-state index >= 15 is 0 Å². The van der Waals surface area contributed by atoms with Crippen LogP contribution in [-0.4, -0.2) is 12.1 Å². The molecule has 0 aliphatic rings. The van der Waals surface area contributed by atoms with Crippen LogP contribution in [-0.2, 0) is 0 Å². The molecule has 1 heterocycles. The summed E-state index contributed by atoms with van der Waals surface area (Å²) < 4.78 is 7.44. The second-order valence-electron chi connectivity index (χ2n) is 5.36. The lowest BCUT2D eigenvalue weighted by Gasteiger charge is -2.02. The summed E-state index contributed by atoms with van der Waals surface area (Å²) in [4.78, 5) is 12.1. The highest BCUT2D eigenvalue weighted by molar-refractivity contribution is 9.10. The molecule has 0 aliphatic carbocycles. The lowest BCUT2D eigenvalue weighted by molar-refractivity contribution is 0.0954. The summed E-state index contributed by atoms with van der Waals surface area (Å²) in [5.74, 6) is 0.983. The number of aryl methyl sites for hydroxylation is 1. The highest BCUT2D eigenvalue weighted by atomic mass is 79.9. The molecule has 1 aromatic heterocycles. The van der Waals surface area contributed by atoms with E-state index in [4.69, 9.17) is 4.42 Å². The highest BCUT2D eigenvalue weighted by Gasteiger charge is 2.09. The zero-order chi connectivity index (χ0) is 17.8. The second-order valence-corrected chi connectivity index (χ2v) is 7.07. The highest BCUT2D eigenvalue weighted by Crippen LogP contribution is 2.30. The predicted molar refractivity (Wildman–Crippen MR) is 106 cm³/mol. The van der Waals surface area contributed by atoms with Crippen LogP contribution in [0.25, 0.3) is 11.3 Å². The molecule has 0 fully saturated rings. The minimum Gasteiger partial charge on any atom is -0.455 e. The first-order valence-electron chi connectivity index (χ1n) is 7.49. The SMILES string of the molecule is Cc1ccc(-c2ccc(/C=N\NC(=O)c3ccccc3Br)o2)c(Br)c1. The Kier molecular flexibility index (Phi) is 5.50. The van der Waals surface area contributed by atoms with Crippen molar-refractivity contribution in [1.82, 2.24) is 5.43 Å². The van der Waals surface area contributed by atoms with Gasteiger partial charge in [0.1, 0.15) is 11.5 Å². The zero-order valence-corrected chi connectivity index (χ0v) is 16.5. The average Bonchev–Trinajstić information content (AvgIpc) is 3.03. The zero-order valence-electron chi connectivity index (χ0n) is 13.3. The Hall–Kier alpha value is -2.18. The first-order valence-corrected chi connectivity index (χ1v) is 9.07. The number of nitrogens with one attached hydrogen (secondary N) is 1. The molecular formula is C19H14Br2N2O2. The first-order chi connectivity index (χ1) is 12.0. The normalized spacial score (nSPS) is 11.0. The average molecular weight is 462 g/mol. The van der Waals surface area contributed by atoms with Crippen molar-refractivity contribution in [2.75, 3.05) is 0 Å². The number of hydrogen-bond acceptors (Lipinski definition) is 3. The molecule has 0 saturated heterocycles. The molecule has 3 rings (SSSR count). The maximum absolute atomic E-state index is 12.1. The standard InChI is InChI=1S/C19H14Br2N2O2/c1-12-6-8-14(17(21)10-12)18-9-7-13(25-18)11-22-23-19(24)15-4-2-3-5-16(15)20/h2-11H,1H3,(H,23,24)/b22-11-. The van der Waals surface area contributed by atoms with E-state index in [1.54, 1.807) is 24.3 Å². The van der Waals surface area contributed by atoms with E-state index in [0.717, 1.165) is 15.8 Å². The van der Waals surface area contributed by atoms with Gasteiger partial charge < -0.3 is 4.42 Å². The number of rotatable bonds is 4. The van der Waals surface area contributed by atoms with Crippen molar-refractivity contribution >= 4 is 44.0 Å². The van der Waals surface area contributed by atoms with Crippen LogP contribution >= 0.6 is 31.9 Å². The van der Waals surface area contributed by atoms with Crippen molar-refractivity contribution in [2.24, 2.45) is 5.10 Å². The first kappa shape index (κ1) is 17.6. The molecule has 0 saturated carbocycles. The number of hydrazone groups is 1. The third kappa shape index (κ3) is 4.27. The maximum Gasteiger partial charge on any atom is 0.272 e. The number of carbonyl (C=O) groups is 1. The van der Waals surface area contributed by atoms with Gasteiger partial charge in [0.25, 0.3) is 5.91 Å². The third-order valence-corrected chi connectivity index (χ3v) is 4.84. The van der Waals surface area contributed by atoms with E-state index < -0.39 is 0 Å². The van der Waals surface area contributed by atoms with Crippen molar-refractivity contribution in [2.45, 2.75) is 6.92 Å². The number of carbonyl (C=O) groups excluding carboxylic acids is 1. The lowest BCUT2D eigenvalue weighted by atomic mass is 10.1. The summed E-state index contributed by atoms with van der Waals surface area (Å²) in [5, 5.41) is 3.95. The summed E-state index contributed by atoms with van der Waals surface area (Å²) in [5.41, 5.74) is 5.13. The van der Waals surface area contributed by atoms with Crippen molar-refractivity contribution < 1.29 is 9.21 Å². The Morgan fingerprint density at radius 1 is 1.08 bits per heavy atom. The summed E-state index contributed by atoms with van der Waals surface area (Å²) >= 11 is 6.88. The number of hydrogen-bond donors (Lipinski definition) is 1. The molecule has 0 radical (unpaired) electrons. The van der Waals surface area contributed by atoms with Gasteiger partial charge in [0.15, 0.2) is 0 Å². The van der Waals surface area contributed by atoms with Crippen LogP contribution in [0.2, 0.25) is 0 Å². The number of halogens is 2. The van der Waals surface area contributed by atoms with Gasteiger partial charge in [-0.15, -0.1) is 0 Å². The van der Waals surface area contributed by atoms with Gasteiger partial charge in [-0.1, -0.05) is 34.1 Å². The Morgan fingerprint density at radius 3 is 2.64 bits per heavy atom. The molecule has 0 unspecified atom stereocenters. The van der Waals surface area contributed by atoms with Crippen molar-refractivity contribution in [1.29, 1.82) is 0 Å². The fraction of sp³-hybridized carbons (Fsp3) is 0.0526. The largest absolute Gasteiger partial charge is 0.455 e. The quantitative estimate of drug-likeness (QED) is 0.409. The fourth-order valence-electron chi connectivity index (χ4n) is 2.25. The molecular weight excluding hydrogens is 448 g/mol. The van der Waals surface area contributed by atoms with E-state index in [-0.39, 0.29) is 5.91 Å². The lowest BCUT2D eigenvalue weighted by Crippen LogP contribution is -2.17. The molecule has 0 bridgehead atoms. The number of furan rings is 1. The van der Waals surface area contributed by atoms with Gasteiger partial charge in [0.2, 0.25) is 0 Å². The van der Waals surface area contributed by atoms with Crippen LogP contribution in [0.15, 0.2) is 73.1 Å². The van der Waals surface area contributed by atoms with Crippen LogP contribution in [0.3, 0.4) is 0 Å². The molecule has 4 nitrogen and oxygen atoms in total. The molecule has 25 heavy (non-hydrogen) atoms. The van der Waals surface area contributed by atoms with Crippen molar-refractivity contribution in [3.05, 3.63) is 80.4 Å². The summed E-state index contributed by atoms with van der Waals surface area (Å²) in [7, 11) is 0.